The molecule has 27 heavy (non-hydrogen) atoms. The topological polar surface area (TPSA) is 95.6 Å². The number of aryl methyl sites for hydroxylation is 2. The SMILES string of the molecule is CCNC(=NCC(O)c1cc(Cl)cc(Cl)c1)NCCCc1nc(C)no1.I. The Morgan fingerprint density at radius 1 is 1.26 bits per heavy atom. The number of aliphatic hydroxyl groups is 1. The van der Waals surface area contributed by atoms with Crippen molar-refractivity contribution in [2.75, 3.05) is 19.6 Å². The Kier molecular flexibility index (Phi) is 11.0. The van der Waals surface area contributed by atoms with E-state index in [0.717, 1.165) is 6.42 Å². The van der Waals surface area contributed by atoms with Crippen molar-refractivity contribution in [3.8, 4) is 0 Å². The molecule has 0 saturated heterocycles. The molecule has 1 heterocycles. The largest absolute Gasteiger partial charge is 0.386 e. The first kappa shape index (κ1) is 23.9. The van der Waals surface area contributed by atoms with Gasteiger partial charge in [-0.1, -0.05) is 28.4 Å². The number of guanidine groups is 1. The van der Waals surface area contributed by atoms with Gasteiger partial charge in [-0.2, -0.15) is 4.98 Å². The highest BCUT2D eigenvalue weighted by Crippen LogP contribution is 2.23. The molecule has 10 heteroatoms. The molecule has 0 amide bonds. The van der Waals surface area contributed by atoms with Crippen molar-refractivity contribution in [3.05, 3.63) is 45.5 Å². The maximum absolute atomic E-state index is 10.3. The van der Waals surface area contributed by atoms with Gasteiger partial charge in [0.1, 0.15) is 0 Å². The molecule has 150 valence electrons. The minimum absolute atomic E-state index is 0. The molecule has 0 aliphatic heterocycles. The van der Waals surface area contributed by atoms with Gasteiger partial charge in [-0.05, 0) is 44.0 Å². The lowest BCUT2D eigenvalue weighted by atomic mass is 10.1. The van der Waals surface area contributed by atoms with E-state index in [0.29, 0.717) is 52.8 Å². The summed E-state index contributed by atoms with van der Waals surface area (Å²) in [5.74, 6) is 1.89. The zero-order chi connectivity index (χ0) is 18.9. The summed E-state index contributed by atoms with van der Waals surface area (Å²) in [6.45, 7) is 5.36. The van der Waals surface area contributed by atoms with Crippen LogP contribution in [0.1, 0.15) is 36.7 Å². The molecule has 0 fully saturated rings. The second kappa shape index (κ2) is 12.4. The fourth-order valence-corrected chi connectivity index (χ4v) is 2.82. The Morgan fingerprint density at radius 3 is 2.56 bits per heavy atom. The van der Waals surface area contributed by atoms with Gasteiger partial charge < -0.3 is 20.3 Å². The lowest BCUT2D eigenvalue weighted by Gasteiger charge is -2.13. The van der Waals surface area contributed by atoms with E-state index in [1.54, 1.807) is 25.1 Å². The minimum Gasteiger partial charge on any atom is -0.386 e. The highest BCUT2D eigenvalue weighted by atomic mass is 127. The van der Waals surface area contributed by atoms with Crippen LogP contribution in [0.5, 0.6) is 0 Å². The summed E-state index contributed by atoms with van der Waals surface area (Å²) in [5.41, 5.74) is 0.633. The molecule has 0 bridgehead atoms. The first-order valence-electron chi connectivity index (χ1n) is 8.43. The van der Waals surface area contributed by atoms with Gasteiger partial charge >= 0.3 is 0 Å². The molecule has 2 rings (SSSR count). The van der Waals surface area contributed by atoms with Crippen LogP contribution in [0.2, 0.25) is 10.0 Å². The molecule has 1 unspecified atom stereocenters. The smallest absolute Gasteiger partial charge is 0.226 e. The highest BCUT2D eigenvalue weighted by molar-refractivity contribution is 14.0. The first-order chi connectivity index (χ1) is 12.5. The molecule has 7 nitrogen and oxygen atoms in total. The van der Waals surface area contributed by atoms with Crippen LogP contribution in [-0.4, -0.2) is 40.8 Å². The third kappa shape index (κ3) is 8.63. The third-order valence-corrected chi connectivity index (χ3v) is 3.90. The number of benzene rings is 1. The molecule has 2 aromatic rings. The van der Waals surface area contributed by atoms with Gasteiger partial charge in [0, 0.05) is 29.6 Å². The van der Waals surface area contributed by atoms with Crippen LogP contribution in [-0.2, 0) is 6.42 Å². The monoisotopic (exact) mass is 527 g/mol. The van der Waals surface area contributed by atoms with Crippen molar-refractivity contribution in [2.45, 2.75) is 32.8 Å². The predicted octanol–water partition coefficient (Wildman–Crippen LogP) is 3.52. The van der Waals surface area contributed by atoms with Gasteiger partial charge in [0.05, 0.1) is 12.6 Å². The number of aliphatic imine (C=N–C) groups is 1. The Balaban J connectivity index is 0.00000364. The molecule has 3 N–H and O–H groups in total. The van der Waals surface area contributed by atoms with E-state index in [9.17, 15) is 5.11 Å². The normalized spacial score (nSPS) is 12.4. The number of hydrogen-bond acceptors (Lipinski definition) is 5. The average molecular weight is 528 g/mol. The summed E-state index contributed by atoms with van der Waals surface area (Å²) in [7, 11) is 0. The Labute approximate surface area is 185 Å². The molecule has 0 aliphatic rings. The molecule has 0 radical (unpaired) electrons. The zero-order valence-corrected chi connectivity index (χ0v) is 19.0. The number of nitrogens with one attached hydrogen (secondary N) is 2. The van der Waals surface area contributed by atoms with Crippen LogP contribution in [0.3, 0.4) is 0 Å². The van der Waals surface area contributed by atoms with Crippen molar-refractivity contribution in [3.63, 3.8) is 0 Å². The van der Waals surface area contributed by atoms with Crippen molar-refractivity contribution < 1.29 is 9.63 Å². The highest BCUT2D eigenvalue weighted by Gasteiger charge is 2.10. The number of aromatic nitrogens is 2. The molecule has 1 aromatic carbocycles. The third-order valence-electron chi connectivity index (χ3n) is 3.47. The first-order valence-corrected chi connectivity index (χ1v) is 9.19. The summed E-state index contributed by atoms with van der Waals surface area (Å²) in [6, 6.07) is 4.99. The van der Waals surface area contributed by atoms with Crippen molar-refractivity contribution in [2.24, 2.45) is 4.99 Å². The Morgan fingerprint density at radius 2 is 1.96 bits per heavy atom. The van der Waals surface area contributed by atoms with Crippen LogP contribution < -0.4 is 10.6 Å². The minimum atomic E-state index is -0.789. The standard InChI is InChI=1S/C17H23Cl2N5O2.HI/c1-3-20-17(21-6-4-5-16-23-11(2)24-26-16)22-10-15(25)12-7-13(18)9-14(19)8-12;/h7-9,15,25H,3-6,10H2,1-2H3,(H2,20,21,22);1H. The molecular formula is C17H24Cl2IN5O2. The lowest BCUT2D eigenvalue weighted by molar-refractivity contribution is 0.187. The van der Waals surface area contributed by atoms with Gasteiger partial charge in [0.15, 0.2) is 11.8 Å². The number of hydrogen-bond donors (Lipinski definition) is 3. The van der Waals surface area contributed by atoms with E-state index in [1.807, 2.05) is 6.92 Å². The van der Waals surface area contributed by atoms with Gasteiger partial charge in [0.25, 0.3) is 0 Å². The summed E-state index contributed by atoms with van der Waals surface area (Å²) in [6.07, 6.45) is 0.720. The van der Waals surface area contributed by atoms with E-state index < -0.39 is 6.10 Å². The van der Waals surface area contributed by atoms with Crippen molar-refractivity contribution in [1.29, 1.82) is 0 Å². The van der Waals surface area contributed by atoms with Crippen LogP contribution in [0.4, 0.5) is 0 Å². The van der Waals surface area contributed by atoms with Crippen LogP contribution in [0.15, 0.2) is 27.7 Å². The number of aliphatic hydroxyl groups excluding tert-OH is 1. The van der Waals surface area contributed by atoms with E-state index in [4.69, 9.17) is 27.7 Å². The van der Waals surface area contributed by atoms with Crippen molar-refractivity contribution in [1.82, 2.24) is 20.8 Å². The number of halogens is 3. The zero-order valence-electron chi connectivity index (χ0n) is 15.2. The molecule has 1 atom stereocenters. The van der Waals surface area contributed by atoms with E-state index >= 15 is 0 Å². The fraction of sp³-hybridized carbons (Fsp3) is 0.471. The van der Waals surface area contributed by atoms with E-state index in [1.165, 1.54) is 0 Å². The second-order valence-electron chi connectivity index (χ2n) is 5.70. The maximum Gasteiger partial charge on any atom is 0.226 e. The van der Waals surface area contributed by atoms with Crippen molar-refractivity contribution >= 4 is 53.1 Å². The summed E-state index contributed by atoms with van der Waals surface area (Å²) >= 11 is 11.9. The number of nitrogens with zero attached hydrogens (tertiary/aromatic N) is 3. The fourth-order valence-electron chi connectivity index (χ4n) is 2.28. The Hall–Kier alpha value is -1.10. The molecule has 0 aliphatic carbocycles. The average Bonchev–Trinajstić information content (AvgIpc) is 3.00. The number of rotatable bonds is 8. The molecule has 1 aromatic heterocycles. The maximum atomic E-state index is 10.3. The molecule has 0 spiro atoms. The van der Waals surface area contributed by atoms with Gasteiger partial charge in [0.2, 0.25) is 5.89 Å². The van der Waals surface area contributed by atoms with Gasteiger partial charge in [-0.3, -0.25) is 4.99 Å². The second-order valence-corrected chi connectivity index (χ2v) is 6.58. The van der Waals surface area contributed by atoms with Gasteiger partial charge in [-0.25, -0.2) is 0 Å². The van der Waals surface area contributed by atoms with E-state index in [2.05, 4.69) is 25.8 Å². The van der Waals surface area contributed by atoms with Crippen LogP contribution in [0.25, 0.3) is 0 Å². The van der Waals surface area contributed by atoms with Crippen LogP contribution in [0, 0.1) is 6.92 Å². The van der Waals surface area contributed by atoms with Gasteiger partial charge in [-0.15, -0.1) is 24.0 Å². The quantitative estimate of drug-likeness (QED) is 0.210. The summed E-state index contributed by atoms with van der Waals surface area (Å²) < 4.78 is 5.08. The van der Waals surface area contributed by atoms with E-state index in [-0.39, 0.29) is 30.5 Å². The van der Waals surface area contributed by atoms with Crippen LogP contribution >= 0.6 is 47.2 Å². The summed E-state index contributed by atoms with van der Waals surface area (Å²) in [5, 5.41) is 21.4. The molecule has 0 saturated carbocycles. The predicted molar refractivity (Wildman–Crippen MR) is 118 cm³/mol. The summed E-state index contributed by atoms with van der Waals surface area (Å²) in [4.78, 5) is 8.57. The Bertz CT molecular complexity index is 722. The lowest BCUT2D eigenvalue weighted by Crippen LogP contribution is -2.38. The molecular weight excluding hydrogens is 504 g/mol.